The number of carbonyl (C=O) groups is 2. The molecule has 1 atom stereocenters. The molecule has 0 saturated carbocycles. The first kappa shape index (κ1) is 15.9. The van der Waals surface area contributed by atoms with E-state index in [-0.39, 0.29) is 18.2 Å². The lowest BCUT2D eigenvalue weighted by Gasteiger charge is -2.17. The molecule has 4 nitrogen and oxygen atoms in total. The van der Waals surface area contributed by atoms with Crippen LogP contribution < -0.4 is 9.64 Å². The van der Waals surface area contributed by atoms with Crippen LogP contribution in [0.1, 0.15) is 6.42 Å². The van der Waals surface area contributed by atoms with Crippen LogP contribution in [0, 0.1) is 0 Å². The Labute approximate surface area is 143 Å². The number of methoxy groups -OCH3 is 1. The molecule has 0 N–H and O–H groups in total. The summed E-state index contributed by atoms with van der Waals surface area (Å²) in [6.07, 6.45) is 0.171. The van der Waals surface area contributed by atoms with E-state index >= 15 is 0 Å². The maximum atomic E-state index is 12.7. The number of halogens is 1. The summed E-state index contributed by atoms with van der Waals surface area (Å²) in [5, 5.41) is 0.201. The summed E-state index contributed by atoms with van der Waals surface area (Å²) < 4.78 is 5.25. The third-order valence-corrected chi connectivity index (χ3v) is 4.97. The second-order valence-corrected chi connectivity index (χ2v) is 6.72. The van der Waals surface area contributed by atoms with Crippen LogP contribution in [-0.4, -0.2) is 24.2 Å². The second kappa shape index (κ2) is 6.64. The fourth-order valence-corrected chi connectivity index (χ4v) is 3.62. The van der Waals surface area contributed by atoms with Gasteiger partial charge in [-0.25, -0.2) is 4.90 Å². The summed E-state index contributed by atoms with van der Waals surface area (Å²) >= 11 is 7.24. The minimum atomic E-state index is -0.436. The van der Waals surface area contributed by atoms with Gasteiger partial charge in [-0.2, -0.15) is 0 Å². The molecule has 1 fully saturated rings. The van der Waals surface area contributed by atoms with E-state index in [0.717, 1.165) is 4.90 Å². The zero-order valence-electron chi connectivity index (χ0n) is 12.4. The van der Waals surface area contributed by atoms with Gasteiger partial charge in [0.15, 0.2) is 0 Å². The van der Waals surface area contributed by atoms with Crippen LogP contribution in [0.25, 0.3) is 0 Å². The maximum Gasteiger partial charge on any atom is 0.247 e. The fourth-order valence-electron chi connectivity index (χ4n) is 2.44. The normalized spacial score (nSPS) is 17.7. The molecular weight excluding hydrogens is 334 g/mol. The summed E-state index contributed by atoms with van der Waals surface area (Å²) in [5.41, 5.74) is 0.490. The molecule has 0 bridgehead atoms. The number of nitrogens with zero attached hydrogens (tertiary/aromatic N) is 1. The molecule has 2 aromatic carbocycles. The second-order valence-electron chi connectivity index (χ2n) is 5.00. The molecule has 1 aliphatic heterocycles. The van der Waals surface area contributed by atoms with Crippen LogP contribution in [0.2, 0.25) is 5.02 Å². The molecule has 1 heterocycles. The third-order valence-electron chi connectivity index (χ3n) is 3.52. The van der Waals surface area contributed by atoms with Gasteiger partial charge < -0.3 is 4.74 Å². The summed E-state index contributed by atoms with van der Waals surface area (Å²) in [4.78, 5) is 27.1. The van der Waals surface area contributed by atoms with Crippen molar-refractivity contribution in [2.24, 2.45) is 0 Å². The van der Waals surface area contributed by atoms with Gasteiger partial charge in [0, 0.05) is 16.3 Å². The number of carbonyl (C=O) groups excluding carboxylic acids is 2. The largest absolute Gasteiger partial charge is 0.495 e. The monoisotopic (exact) mass is 347 g/mol. The summed E-state index contributed by atoms with van der Waals surface area (Å²) in [6.45, 7) is 0. The lowest BCUT2D eigenvalue weighted by atomic mass is 10.2. The van der Waals surface area contributed by atoms with Crippen molar-refractivity contribution < 1.29 is 14.3 Å². The zero-order chi connectivity index (χ0) is 16.4. The number of hydrogen-bond donors (Lipinski definition) is 0. The Hall–Kier alpha value is -1.98. The maximum absolute atomic E-state index is 12.7. The van der Waals surface area contributed by atoms with Gasteiger partial charge >= 0.3 is 0 Å². The van der Waals surface area contributed by atoms with Gasteiger partial charge in [0.25, 0.3) is 0 Å². The van der Waals surface area contributed by atoms with Gasteiger partial charge in [0.05, 0.1) is 18.0 Å². The van der Waals surface area contributed by atoms with Gasteiger partial charge in [0.1, 0.15) is 5.75 Å². The number of para-hydroxylation sites is 2. The van der Waals surface area contributed by atoms with Crippen molar-refractivity contribution in [1.29, 1.82) is 0 Å². The smallest absolute Gasteiger partial charge is 0.247 e. The number of thioether (sulfide) groups is 1. The molecule has 0 aromatic heterocycles. The fraction of sp³-hybridized carbons (Fsp3) is 0.176. The minimum Gasteiger partial charge on any atom is -0.495 e. The molecule has 2 amide bonds. The number of amides is 2. The minimum absolute atomic E-state index is 0.171. The number of hydrogen-bond acceptors (Lipinski definition) is 4. The molecule has 1 aliphatic rings. The van der Waals surface area contributed by atoms with Gasteiger partial charge in [-0.1, -0.05) is 23.7 Å². The van der Waals surface area contributed by atoms with Crippen molar-refractivity contribution in [2.75, 3.05) is 12.0 Å². The van der Waals surface area contributed by atoms with Gasteiger partial charge in [-0.05, 0) is 36.4 Å². The van der Waals surface area contributed by atoms with Crippen molar-refractivity contribution >= 4 is 40.9 Å². The van der Waals surface area contributed by atoms with Crippen LogP contribution in [-0.2, 0) is 9.59 Å². The average Bonchev–Trinajstić information content (AvgIpc) is 2.83. The number of benzene rings is 2. The van der Waals surface area contributed by atoms with E-state index in [1.807, 2.05) is 12.1 Å². The summed E-state index contributed by atoms with van der Waals surface area (Å²) in [6, 6.07) is 14.2. The molecule has 1 unspecified atom stereocenters. The Balaban J connectivity index is 1.84. The standard InChI is InChI=1S/C17H14ClNO3S/c1-22-14-5-3-2-4-13(14)19-16(20)10-15(17(19)21)23-12-8-6-11(18)7-9-12/h2-9,15H,10H2,1H3. The first-order valence-corrected chi connectivity index (χ1v) is 8.28. The SMILES string of the molecule is COc1ccccc1N1C(=O)CC(Sc2ccc(Cl)cc2)C1=O. The summed E-state index contributed by atoms with van der Waals surface area (Å²) in [5.74, 6) is 0.0664. The van der Waals surface area contributed by atoms with Crippen LogP contribution >= 0.6 is 23.4 Å². The van der Waals surface area contributed by atoms with Gasteiger partial charge in [0.2, 0.25) is 11.8 Å². The molecule has 23 heavy (non-hydrogen) atoms. The quantitative estimate of drug-likeness (QED) is 0.790. The van der Waals surface area contributed by atoms with Crippen molar-refractivity contribution in [3.63, 3.8) is 0 Å². The predicted molar refractivity (Wildman–Crippen MR) is 91.2 cm³/mol. The van der Waals surface area contributed by atoms with E-state index in [1.165, 1.54) is 23.8 Å². The highest BCUT2D eigenvalue weighted by Gasteiger charge is 2.41. The van der Waals surface area contributed by atoms with Crippen molar-refractivity contribution in [3.8, 4) is 5.75 Å². The molecule has 118 valence electrons. The van der Waals surface area contributed by atoms with E-state index < -0.39 is 5.25 Å². The highest BCUT2D eigenvalue weighted by molar-refractivity contribution is 8.00. The third kappa shape index (κ3) is 3.21. The molecule has 0 spiro atoms. The zero-order valence-corrected chi connectivity index (χ0v) is 13.9. The average molecular weight is 348 g/mol. The molecule has 0 radical (unpaired) electrons. The molecule has 3 rings (SSSR count). The highest BCUT2D eigenvalue weighted by atomic mass is 35.5. The van der Waals surface area contributed by atoms with E-state index in [2.05, 4.69) is 0 Å². The van der Waals surface area contributed by atoms with Crippen LogP contribution in [0.5, 0.6) is 5.75 Å². The lowest BCUT2D eigenvalue weighted by molar-refractivity contribution is -0.121. The molecular formula is C17H14ClNO3S. The van der Waals surface area contributed by atoms with E-state index in [4.69, 9.17) is 16.3 Å². The van der Waals surface area contributed by atoms with E-state index in [0.29, 0.717) is 16.5 Å². The van der Waals surface area contributed by atoms with Gasteiger partial charge in [-0.15, -0.1) is 11.8 Å². The number of ether oxygens (including phenoxy) is 1. The Morgan fingerprint density at radius 2 is 1.83 bits per heavy atom. The van der Waals surface area contributed by atoms with E-state index in [1.54, 1.807) is 36.4 Å². The van der Waals surface area contributed by atoms with Crippen molar-refractivity contribution in [1.82, 2.24) is 0 Å². The highest BCUT2D eigenvalue weighted by Crippen LogP contribution is 2.37. The lowest BCUT2D eigenvalue weighted by Crippen LogP contribution is -2.31. The Bertz CT molecular complexity index is 748. The predicted octanol–water partition coefficient (Wildman–Crippen LogP) is 3.77. The van der Waals surface area contributed by atoms with Crippen LogP contribution in [0.15, 0.2) is 53.4 Å². The number of rotatable bonds is 4. The van der Waals surface area contributed by atoms with Gasteiger partial charge in [-0.3, -0.25) is 9.59 Å². The Kier molecular flexibility index (Phi) is 4.59. The topological polar surface area (TPSA) is 46.6 Å². The first-order chi connectivity index (χ1) is 11.1. The molecule has 2 aromatic rings. The van der Waals surface area contributed by atoms with Crippen molar-refractivity contribution in [3.05, 3.63) is 53.6 Å². The van der Waals surface area contributed by atoms with Crippen LogP contribution in [0.4, 0.5) is 5.69 Å². The van der Waals surface area contributed by atoms with E-state index in [9.17, 15) is 9.59 Å². The first-order valence-electron chi connectivity index (χ1n) is 7.02. The Morgan fingerprint density at radius 3 is 2.52 bits per heavy atom. The van der Waals surface area contributed by atoms with Crippen molar-refractivity contribution in [2.45, 2.75) is 16.6 Å². The van der Waals surface area contributed by atoms with Crippen LogP contribution in [0.3, 0.4) is 0 Å². The molecule has 0 aliphatic carbocycles. The molecule has 6 heteroatoms. The number of imide groups is 1. The molecule has 1 saturated heterocycles. The Morgan fingerprint density at radius 1 is 1.13 bits per heavy atom. The summed E-state index contributed by atoms with van der Waals surface area (Å²) in [7, 11) is 1.52. The number of anilines is 1.